The first-order chi connectivity index (χ1) is 4.13. The van der Waals surface area contributed by atoms with Crippen LogP contribution in [0.5, 0.6) is 0 Å². The van der Waals surface area contributed by atoms with Crippen LogP contribution in [0.4, 0.5) is 0 Å². The van der Waals surface area contributed by atoms with Gasteiger partial charge in [-0.25, -0.2) is 0 Å². The molecular formula is C9H12. The van der Waals surface area contributed by atoms with E-state index in [1.165, 1.54) is 5.57 Å². The predicted octanol–water partition coefficient (Wildman–Crippen LogP) is 2.69. The van der Waals surface area contributed by atoms with Gasteiger partial charge in [0.25, 0.3) is 0 Å². The molecule has 0 saturated heterocycles. The minimum absolute atomic E-state index is 0.175. The van der Waals surface area contributed by atoms with Crippen molar-refractivity contribution in [1.29, 1.82) is 0 Å². The molecule has 0 fully saturated rings. The van der Waals surface area contributed by atoms with Gasteiger partial charge in [-0.05, 0) is 5.57 Å². The molecule has 0 aromatic carbocycles. The van der Waals surface area contributed by atoms with Gasteiger partial charge in [0, 0.05) is 5.41 Å². The lowest BCUT2D eigenvalue weighted by atomic mass is 9.82. The second-order valence-corrected chi connectivity index (χ2v) is 2.97. The highest BCUT2D eigenvalue weighted by molar-refractivity contribution is 5.34. The van der Waals surface area contributed by atoms with Crippen LogP contribution >= 0.6 is 0 Å². The number of hydrogen-bond acceptors (Lipinski definition) is 0. The number of hydrogen-bond donors (Lipinski definition) is 0. The Morgan fingerprint density at radius 2 is 2.00 bits per heavy atom. The fraction of sp³-hybridized carbons (Fsp3) is 0.333. The first-order valence-electron chi connectivity index (χ1n) is 3.18. The van der Waals surface area contributed by atoms with E-state index in [0.29, 0.717) is 0 Å². The van der Waals surface area contributed by atoms with Crippen molar-refractivity contribution in [1.82, 2.24) is 0 Å². The lowest BCUT2D eigenvalue weighted by molar-refractivity contribution is 0.593. The summed E-state index contributed by atoms with van der Waals surface area (Å²) >= 11 is 0. The molecule has 1 rings (SSSR count). The highest BCUT2D eigenvalue weighted by atomic mass is 14.2. The Hall–Kier alpha value is -0.780. The molecule has 0 atom stereocenters. The van der Waals surface area contributed by atoms with Gasteiger partial charge in [0.1, 0.15) is 0 Å². The second-order valence-electron chi connectivity index (χ2n) is 2.97. The van der Waals surface area contributed by atoms with E-state index in [9.17, 15) is 0 Å². The molecule has 0 heteroatoms. The van der Waals surface area contributed by atoms with Crippen LogP contribution in [-0.2, 0) is 0 Å². The topological polar surface area (TPSA) is 0 Å². The van der Waals surface area contributed by atoms with E-state index in [1.807, 2.05) is 6.08 Å². The average molecular weight is 120 g/mol. The van der Waals surface area contributed by atoms with Crippen LogP contribution in [0.15, 0.2) is 36.5 Å². The molecule has 1 aliphatic rings. The molecule has 0 spiro atoms. The molecule has 0 N–H and O–H groups in total. The lowest BCUT2D eigenvalue weighted by Crippen LogP contribution is -2.10. The van der Waals surface area contributed by atoms with Crippen molar-refractivity contribution in [2.75, 3.05) is 0 Å². The molecule has 48 valence electrons. The fourth-order valence-electron chi connectivity index (χ4n) is 0.790. The zero-order valence-corrected chi connectivity index (χ0v) is 6.02. The molecule has 0 aromatic heterocycles. The van der Waals surface area contributed by atoms with Crippen LogP contribution in [0.25, 0.3) is 0 Å². The zero-order valence-electron chi connectivity index (χ0n) is 6.02. The third kappa shape index (κ3) is 1.13. The van der Waals surface area contributed by atoms with Crippen LogP contribution in [-0.4, -0.2) is 0 Å². The van der Waals surface area contributed by atoms with Crippen molar-refractivity contribution >= 4 is 0 Å². The maximum atomic E-state index is 3.93. The van der Waals surface area contributed by atoms with Gasteiger partial charge in [0.2, 0.25) is 0 Å². The maximum Gasteiger partial charge on any atom is 0.00725 e. The third-order valence-electron chi connectivity index (χ3n) is 1.75. The fourth-order valence-corrected chi connectivity index (χ4v) is 0.790. The van der Waals surface area contributed by atoms with E-state index in [0.717, 1.165) is 0 Å². The van der Waals surface area contributed by atoms with Gasteiger partial charge in [0.05, 0.1) is 0 Å². The molecule has 0 nitrogen and oxygen atoms in total. The zero-order chi connectivity index (χ0) is 6.91. The maximum absolute atomic E-state index is 3.93. The molecule has 0 unspecified atom stereocenters. The van der Waals surface area contributed by atoms with Crippen LogP contribution < -0.4 is 0 Å². The van der Waals surface area contributed by atoms with Gasteiger partial charge in [-0.2, -0.15) is 0 Å². The smallest absolute Gasteiger partial charge is 0.00725 e. The summed E-state index contributed by atoms with van der Waals surface area (Å²) in [5.41, 5.74) is 1.36. The van der Waals surface area contributed by atoms with Crippen LogP contribution in [0.2, 0.25) is 0 Å². The van der Waals surface area contributed by atoms with Crippen molar-refractivity contribution in [2.24, 2.45) is 5.41 Å². The average Bonchev–Trinajstić information content (AvgIpc) is 1.77. The summed E-state index contributed by atoms with van der Waals surface area (Å²) in [6.45, 7) is 8.25. The Bertz CT molecular complexity index is 180. The Balaban J connectivity index is 2.91. The second kappa shape index (κ2) is 1.87. The molecule has 0 amide bonds. The first-order valence-corrected chi connectivity index (χ1v) is 3.18. The largest absolute Gasteiger partial charge is 0.0950 e. The van der Waals surface area contributed by atoms with E-state index in [-0.39, 0.29) is 5.41 Å². The lowest BCUT2D eigenvalue weighted by Gasteiger charge is -2.22. The van der Waals surface area contributed by atoms with E-state index >= 15 is 0 Å². The minimum atomic E-state index is 0.175. The molecule has 1 aliphatic carbocycles. The Morgan fingerprint density at radius 1 is 1.33 bits per heavy atom. The standard InChI is InChI=1S/C9H12/c1-8-6-4-5-7-9(8,2)3/h4-7H,1H2,2-3H3. The normalized spacial score (nSPS) is 22.7. The SMILES string of the molecule is C=C1C=CC=CC1(C)C. The molecule has 0 heterocycles. The molecule has 9 heavy (non-hydrogen) atoms. The molecule has 0 radical (unpaired) electrons. The molecule has 0 aromatic rings. The molecule has 0 aliphatic heterocycles. The number of allylic oxidation sites excluding steroid dienone is 5. The van der Waals surface area contributed by atoms with E-state index in [2.05, 4.69) is 38.7 Å². The molecule has 0 saturated carbocycles. The minimum Gasteiger partial charge on any atom is -0.0950 e. The monoisotopic (exact) mass is 120 g/mol. The third-order valence-corrected chi connectivity index (χ3v) is 1.75. The summed E-state index contributed by atoms with van der Waals surface area (Å²) in [4.78, 5) is 0. The van der Waals surface area contributed by atoms with Crippen LogP contribution in [0.1, 0.15) is 13.8 Å². The summed E-state index contributed by atoms with van der Waals surface area (Å²) in [6.07, 6.45) is 8.30. The predicted molar refractivity (Wildman–Crippen MR) is 41.2 cm³/mol. The molecular weight excluding hydrogens is 108 g/mol. The Labute approximate surface area is 56.6 Å². The first kappa shape index (κ1) is 6.34. The summed E-state index contributed by atoms with van der Waals surface area (Å²) < 4.78 is 0. The van der Waals surface area contributed by atoms with Gasteiger partial charge >= 0.3 is 0 Å². The van der Waals surface area contributed by atoms with Crippen molar-refractivity contribution in [3.05, 3.63) is 36.5 Å². The van der Waals surface area contributed by atoms with Crippen LogP contribution in [0, 0.1) is 5.41 Å². The van der Waals surface area contributed by atoms with Gasteiger partial charge in [-0.3, -0.25) is 0 Å². The Kier molecular flexibility index (Phi) is 1.32. The van der Waals surface area contributed by atoms with E-state index in [4.69, 9.17) is 0 Å². The highest BCUT2D eigenvalue weighted by Crippen LogP contribution is 2.29. The van der Waals surface area contributed by atoms with E-state index < -0.39 is 0 Å². The Morgan fingerprint density at radius 3 is 2.33 bits per heavy atom. The van der Waals surface area contributed by atoms with Crippen LogP contribution in [0.3, 0.4) is 0 Å². The number of rotatable bonds is 0. The highest BCUT2D eigenvalue weighted by Gasteiger charge is 2.16. The quantitative estimate of drug-likeness (QED) is 0.461. The summed E-state index contributed by atoms with van der Waals surface area (Å²) in [5, 5.41) is 0. The van der Waals surface area contributed by atoms with Gasteiger partial charge < -0.3 is 0 Å². The summed E-state index contributed by atoms with van der Waals surface area (Å²) in [7, 11) is 0. The van der Waals surface area contributed by atoms with Gasteiger partial charge in [0.15, 0.2) is 0 Å². The summed E-state index contributed by atoms with van der Waals surface area (Å²) in [5.74, 6) is 0. The summed E-state index contributed by atoms with van der Waals surface area (Å²) in [6, 6.07) is 0. The molecule has 0 bridgehead atoms. The van der Waals surface area contributed by atoms with Gasteiger partial charge in [-0.15, -0.1) is 0 Å². The van der Waals surface area contributed by atoms with Crippen molar-refractivity contribution in [2.45, 2.75) is 13.8 Å². The van der Waals surface area contributed by atoms with Crippen molar-refractivity contribution in [3.8, 4) is 0 Å². The van der Waals surface area contributed by atoms with Gasteiger partial charge in [-0.1, -0.05) is 44.7 Å². The van der Waals surface area contributed by atoms with Crippen molar-refractivity contribution < 1.29 is 0 Å². The van der Waals surface area contributed by atoms with E-state index in [1.54, 1.807) is 0 Å². The van der Waals surface area contributed by atoms with Crippen molar-refractivity contribution in [3.63, 3.8) is 0 Å².